The summed E-state index contributed by atoms with van der Waals surface area (Å²) in [6, 6.07) is 41.6. The Morgan fingerprint density at radius 2 is 0.742 bits per heavy atom. The Balaban J connectivity index is 1.51. The van der Waals surface area contributed by atoms with E-state index in [2.05, 4.69) is 132 Å². The van der Waals surface area contributed by atoms with Gasteiger partial charge in [-0.3, -0.25) is 0 Å². The van der Waals surface area contributed by atoms with Crippen LogP contribution in [0, 0.1) is 0 Å². The average Bonchev–Trinajstić information content (AvgIpc) is 3.50. The summed E-state index contributed by atoms with van der Waals surface area (Å²) in [7, 11) is -3.99. The molecule has 0 radical (unpaired) electrons. The summed E-state index contributed by atoms with van der Waals surface area (Å²) in [5.41, 5.74) is 8.13. The van der Waals surface area contributed by atoms with Gasteiger partial charge < -0.3 is 25.8 Å². The molecule has 0 saturated heterocycles. The van der Waals surface area contributed by atoms with Crippen LogP contribution in [0.5, 0.6) is 11.5 Å². The zero-order valence-electron chi connectivity index (χ0n) is 38.3. The molecule has 2 aromatic heterocycles. The van der Waals surface area contributed by atoms with Crippen molar-refractivity contribution in [1.29, 1.82) is 0 Å². The maximum atomic E-state index is 7.37. The fourth-order valence-electron chi connectivity index (χ4n) is 7.79. The molecule has 0 amide bonds. The summed E-state index contributed by atoms with van der Waals surface area (Å²) in [4.78, 5) is 0. The van der Waals surface area contributed by atoms with E-state index in [1.165, 1.54) is 11.1 Å². The van der Waals surface area contributed by atoms with E-state index in [0.29, 0.717) is 33.8 Å². The van der Waals surface area contributed by atoms with Crippen LogP contribution in [-0.4, -0.2) is 0 Å². The van der Waals surface area contributed by atoms with Crippen LogP contribution in [-0.2, 0) is 21.7 Å². The molecule has 0 spiro atoms. The minimum Gasteiger partial charge on any atom is -0.390 e. The van der Waals surface area contributed by atoms with Gasteiger partial charge in [0.2, 0.25) is 0 Å². The molecule has 62 heavy (non-hydrogen) atoms. The minimum absolute atomic E-state index is 0.162. The van der Waals surface area contributed by atoms with Gasteiger partial charge in [-0.15, -0.1) is 0 Å². The lowest BCUT2D eigenvalue weighted by molar-refractivity contribution is 0.451. The molecule has 322 valence electrons. The van der Waals surface area contributed by atoms with Crippen LogP contribution in [0.25, 0.3) is 55.0 Å². The van der Waals surface area contributed by atoms with Crippen LogP contribution in [0.15, 0.2) is 138 Å². The van der Waals surface area contributed by atoms with E-state index in [-0.39, 0.29) is 21.7 Å². The van der Waals surface area contributed by atoms with Gasteiger partial charge in [0.25, 0.3) is 0 Å². The van der Waals surface area contributed by atoms with Gasteiger partial charge in [0.1, 0.15) is 33.8 Å². The Labute approximate surface area is 368 Å². The Hall–Kier alpha value is -5.28. The zero-order chi connectivity index (χ0) is 44.2. The highest BCUT2D eigenvalue weighted by Crippen LogP contribution is 2.54. The second-order valence-corrected chi connectivity index (χ2v) is 21.7. The SMILES string of the molecule is CCC(C)(C)c1cc(-c2cc(C(C)(C)C)cc(C(C)(C)C)c2Op2oc3ccccc3c3ccccc3o2)c(Op2oc3ccccc3c3ccccc3o2)c(C(C)(C)CC)c1. The Morgan fingerprint density at radius 3 is 1.10 bits per heavy atom. The van der Waals surface area contributed by atoms with Gasteiger partial charge in [-0.1, -0.05) is 168 Å². The Morgan fingerprint density at radius 1 is 0.403 bits per heavy atom. The Bertz CT molecular complexity index is 2910. The molecule has 8 aromatic rings. The first kappa shape index (κ1) is 43.4. The van der Waals surface area contributed by atoms with Crippen molar-refractivity contribution >= 4 is 60.4 Å². The van der Waals surface area contributed by atoms with Gasteiger partial charge in [-0.25, -0.2) is 0 Å². The van der Waals surface area contributed by atoms with E-state index >= 15 is 0 Å². The summed E-state index contributed by atoms with van der Waals surface area (Å²) >= 11 is 0. The molecule has 0 aliphatic rings. The lowest BCUT2D eigenvalue weighted by Gasteiger charge is -2.33. The van der Waals surface area contributed by atoms with Crippen molar-refractivity contribution in [2.75, 3.05) is 0 Å². The largest absolute Gasteiger partial charge is 0.453 e. The van der Waals surface area contributed by atoms with E-state index < -0.39 is 16.5 Å². The monoisotopic (exact) mass is 866 g/mol. The smallest absolute Gasteiger partial charge is 0.390 e. The fourth-order valence-corrected chi connectivity index (χ4v) is 9.98. The van der Waals surface area contributed by atoms with Gasteiger partial charge in [0, 0.05) is 43.8 Å². The van der Waals surface area contributed by atoms with Gasteiger partial charge in [0.15, 0.2) is 0 Å². The van der Waals surface area contributed by atoms with Crippen LogP contribution < -0.4 is 9.05 Å². The predicted octanol–water partition coefficient (Wildman–Crippen LogP) is 18.2. The summed E-state index contributed by atoms with van der Waals surface area (Å²) < 4.78 is 41.8. The fraction of sp³-hybridized carbons (Fsp3) is 0.333. The number of para-hydroxylation sites is 4. The zero-order valence-corrected chi connectivity index (χ0v) is 40.1. The molecule has 2 heterocycles. The van der Waals surface area contributed by atoms with Crippen molar-refractivity contribution in [3.05, 3.63) is 144 Å². The lowest BCUT2D eigenvalue weighted by Crippen LogP contribution is -2.22. The number of benzene rings is 6. The van der Waals surface area contributed by atoms with E-state index in [1.54, 1.807) is 0 Å². The van der Waals surface area contributed by atoms with Crippen molar-refractivity contribution in [1.82, 2.24) is 0 Å². The van der Waals surface area contributed by atoms with Crippen molar-refractivity contribution in [3.63, 3.8) is 0 Å². The third-order valence-corrected chi connectivity index (χ3v) is 14.6. The van der Waals surface area contributed by atoms with Crippen LogP contribution in [0.1, 0.15) is 118 Å². The van der Waals surface area contributed by atoms with Crippen LogP contribution in [0.2, 0.25) is 0 Å². The standard InChI is InChI=1S/C54H60O6P2/c1-13-53(9,10)36-32-42(50(44(34-36)54(11,12)14-2)60-62-57-47-29-21-17-25-39(47)40-26-18-22-30-48(40)58-62)41-31-35(51(3,4)5)33-43(52(6,7)8)49(41)59-61-55-45-27-19-15-23-37(45)38-24-16-20-28-46(38)56-61/h15-34H,13-14H2,1-12H3. The molecule has 0 bridgehead atoms. The first-order valence-corrected chi connectivity index (χ1v) is 24.0. The maximum Gasteiger partial charge on any atom is 0.453 e. The van der Waals surface area contributed by atoms with Crippen molar-refractivity contribution in [2.24, 2.45) is 0 Å². The molecule has 0 aliphatic heterocycles. The van der Waals surface area contributed by atoms with Crippen LogP contribution in [0.3, 0.4) is 0 Å². The quantitative estimate of drug-likeness (QED) is 0.144. The van der Waals surface area contributed by atoms with Crippen LogP contribution in [0.4, 0.5) is 0 Å². The highest BCUT2D eigenvalue weighted by Gasteiger charge is 2.34. The number of fused-ring (bicyclic) bond motifs is 6. The molecule has 0 aliphatic carbocycles. The minimum atomic E-state index is -2.00. The Kier molecular flexibility index (Phi) is 11.5. The molecule has 0 fully saturated rings. The lowest BCUT2D eigenvalue weighted by atomic mass is 9.73. The molecule has 0 saturated carbocycles. The normalized spacial score (nSPS) is 12.6. The average molecular weight is 867 g/mol. The maximum absolute atomic E-state index is 7.37. The molecule has 6 aromatic carbocycles. The number of hydrogen-bond donors (Lipinski definition) is 0. The van der Waals surface area contributed by atoms with Crippen molar-refractivity contribution < 1.29 is 25.8 Å². The van der Waals surface area contributed by atoms with Gasteiger partial charge >= 0.3 is 16.5 Å². The summed E-state index contributed by atoms with van der Waals surface area (Å²) in [6.45, 7) is 27.2. The summed E-state index contributed by atoms with van der Waals surface area (Å²) in [6.07, 6.45) is 1.81. The molecule has 8 rings (SSSR count). The molecule has 0 atom stereocenters. The first-order chi connectivity index (χ1) is 29.4. The highest BCUT2D eigenvalue weighted by molar-refractivity contribution is 7.32. The van der Waals surface area contributed by atoms with E-state index in [9.17, 15) is 0 Å². The van der Waals surface area contributed by atoms with E-state index in [1.807, 2.05) is 72.8 Å². The number of hydrogen-bond acceptors (Lipinski definition) is 6. The van der Waals surface area contributed by atoms with E-state index in [4.69, 9.17) is 25.8 Å². The van der Waals surface area contributed by atoms with Gasteiger partial charge in [-0.05, 0) is 82.0 Å². The first-order valence-electron chi connectivity index (χ1n) is 21.8. The summed E-state index contributed by atoms with van der Waals surface area (Å²) in [5, 5.41) is 3.84. The van der Waals surface area contributed by atoms with E-state index in [0.717, 1.165) is 56.6 Å². The van der Waals surface area contributed by atoms with Crippen molar-refractivity contribution in [2.45, 2.75) is 118 Å². The number of rotatable bonds is 9. The molecular formula is C54H60O6P2. The highest BCUT2D eigenvalue weighted by atomic mass is 31.1. The molecular weight excluding hydrogens is 807 g/mol. The summed E-state index contributed by atoms with van der Waals surface area (Å²) in [5.74, 6) is 1.40. The third kappa shape index (κ3) is 8.45. The second kappa shape index (κ2) is 16.4. The topological polar surface area (TPSA) is 71.0 Å². The molecule has 0 unspecified atom stereocenters. The second-order valence-electron chi connectivity index (χ2n) is 19.8. The molecule has 6 nitrogen and oxygen atoms in total. The van der Waals surface area contributed by atoms with Gasteiger partial charge in [-0.2, -0.15) is 0 Å². The molecule has 0 N–H and O–H groups in total. The third-order valence-electron chi connectivity index (χ3n) is 12.6. The van der Waals surface area contributed by atoms with Gasteiger partial charge in [0.05, 0.1) is 0 Å². The predicted molar refractivity (Wildman–Crippen MR) is 261 cm³/mol. The van der Waals surface area contributed by atoms with Crippen molar-refractivity contribution in [3.8, 4) is 22.6 Å². The van der Waals surface area contributed by atoms with Crippen LogP contribution >= 0.6 is 16.5 Å². The molecule has 8 heteroatoms.